The van der Waals surface area contributed by atoms with E-state index in [1.807, 2.05) is 53.5 Å². The molecule has 2 amide bonds. The van der Waals surface area contributed by atoms with Crippen LogP contribution >= 0.6 is 0 Å². The predicted molar refractivity (Wildman–Crippen MR) is 163 cm³/mol. The maximum absolute atomic E-state index is 13.6. The maximum atomic E-state index is 13.6. The Balaban J connectivity index is 0.00000441. The highest BCUT2D eigenvalue weighted by Gasteiger charge is 2.27. The van der Waals surface area contributed by atoms with E-state index in [9.17, 15) is 9.59 Å². The Morgan fingerprint density at radius 1 is 0.975 bits per heavy atom. The van der Waals surface area contributed by atoms with Gasteiger partial charge in [-0.3, -0.25) is 14.6 Å². The number of hydrazine groups is 1. The predicted octanol–water partition coefficient (Wildman–Crippen LogP) is 6.29. The van der Waals surface area contributed by atoms with Crippen LogP contribution in [-0.2, 0) is 22.7 Å². The first-order valence-electron chi connectivity index (χ1n) is 13.5. The van der Waals surface area contributed by atoms with Gasteiger partial charge in [0.1, 0.15) is 0 Å². The fourth-order valence-corrected chi connectivity index (χ4v) is 4.86. The molecule has 1 aliphatic rings. The first-order chi connectivity index (χ1) is 18.9. The molecule has 4 rings (SSSR count). The van der Waals surface area contributed by atoms with E-state index in [-0.39, 0.29) is 32.3 Å². The van der Waals surface area contributed by atoms with E-state index in [4.69, 9.17) is 6.57 Å². The summed E-state index contributed by atoms with van der Waals surface area (Å²) in [7, 11) is 1.78. The molecule has 0 saturated heterocycles. The molecule has 0 saturated carbocycles. The Morgan fingerprint density at radius 3 is 2.25 bits per heavy atom. The molecule has 0 aliphatic carbocycles. The van der Waals surface area contributed by atoms with Gasteiger partial charge in [-0.25, -0.2) is 9.85 Å². The first kappa shape index (κ1) is 30.4. The number of benzene rings is 3. The fourth-order valence-electron chi connectivity index (χ4n) is 4.86. The molecule has 0 bridgehead atoms. The van der Waals surface area contributed by atoms with E-state index in [2.05, 4.69) is 36.1 Å². The molecule has 1 heterocycles. The molecule has 0 unspecified atom stereocenters. The van der Waals surface area contributed by atoms with E-state index >= 15 is 0 Å². The van der Waals surface area contributed by atoms with Crippen molar-refractivity contribution in [3.05, 3.63) is 95.3 Å². The van der Waals surface area contributed by atoms with Gasteiger partial charge in [0.15, 0.2) is 5.69 Å². The van der Waals surface area contributed by atoms with Gasteiger partial charge in [0.05, 0.1) is 19.7 Å². The van der Waals surface area contributed by atoms with Crippen LogP contribution in [0.1, 0.15) is 45.2 Å². The Labute approximate surface area is 239 Å². The third-order valence-corrected chi connectivity index (χ3v) is 7.09. The number of nitrogens with one attached hydrogen (secondary N) is 1. The minimum Gasteiger partial charge on any atom is -0.355 e. The van der Waals surface area contributed by atoms with Gasteiger partial charge in [-0.1, -0.05) is 88.0 Å². The minimum atomic E-state index is -0.144. The summed E-state index contributed by atoms with van der Waals surface area (Å²) in [5, 5.41) is 6.70. The molecule has 210 valence electrons. The Kier molecular flexibility index (Phi) is 10.9. The third kappa shape index (κ3) is 7.71. The number of carbonyl (C=O) groups excluding carboxylic acids is 2. The average molecular weight is 540 g/mol. The Hall–Kier alpha value is -4.15. The summed E-state index contributed by atoms with van der Waals surface area (Å²) in [6.45, 7) is 13.9. The van der Waals surface area contributed by atoms with Gasteiger partial charge in [0, 0.05) is 37.9 Å². The Bertz CT molecular complexity index is 1310. The van der Waals surface area contributed by atoms with Crippen molar-refractivity contribution in [2.45, 2.75) is 47.2 Å². The molecule has 0 radical (unpaired) electrons. The molecule has 3 aromatic carbocycles. The minimum absolute atomic E-state index is 0. The van der Waals surface area contributed by atoms with Crippen LogP contribution < -0.4 is 10.2 Å². The third-order valence-electron chi connectivity index (χ3n) is 7.09. The SMILES string of the molecule is C.[C-]#[N+]c1ccc(-c2ccccc2)c(N(CC(=O)NCCCC(C)C)CC(=O)N(C)N2Cc3ccccc3C2)c1. The number of fused-ring (bicyclic) bond motifs is 1. The van der Waals surface area contributed by atoms with Crippen molar-refractivity contribution in [2.24, 2.45) is 5.92 Å². The first-order valence-corrected chi connectivity index (χ1v) is 13.5. The summed E-state index contributed by atoms with van der Waals surface area (Å²) < 4.78 is 0. The molecule has 0 aromatic heterocycles. The smallest absolute Gasteiger partial charge is 0.256 e. The number of rotatable bonds is 11. The summed E-state index contributed by atoms with van der Waals surface area (Å²) in [6, 6.07) is 23.5. The van der Waals surface area contributed by atoms with E-state index in [0.717, 1.165) is 24.0 Å². The standard InChI is InChI=1S/C32H37N5O2.CH4/c1-24(2)11-10-18-34-31(38)22-36(23-32(39)35(4)37-20-26-14-8-9-15-27(26)21-37)30-19-28(33-3)16-17-29(30)25-12-6-5-7-13-25;/h5-9,12-17,19,24H,10-11,18,20-23H2,1-2,4H3,(H,34,38);1H4. The summed E-state index contributed by atoms with van der Waals surface area (Å²) in [4.78, 5) is 32.1. The van der Waals surface area contributed by atoms with Crippen LogP contribution in [0.5, 0.6) is 0 Å². The molecule has 0 fully saturated rings. The molecule has 7 nitrogen and oxygen atoms in total. The van der Waals surface area contributed by atoms with Crippen LogP contribution in [0, 0.1) is 12.5 Å². The van der Waals surface area contributed by atoms with Gasteiger partial charge in [0.2, 0.25) is 5.91 Å². The van der Waals surface area contributed by atoms with E-state index in [0.29, 0.717) is 36.9 Å². The lowest BCUT2D eigenvalue weighted by atomic mass is 10.0. The van der Waals surface area contributed by atoms with Gasteiger partial charge in [0.25, 0.3) is 5.91 Å². The number of nitrogens with zero attached hydrogens (tertiary/aromatic N) is 4. The molecule has 1 N–H and O–H groups in total. The molecule has 0 spiro atoms. The highest BCUT2D eigenvalue weighted by Crippen LogP contribution is 2.34. The molecule has 40 heavy (non-hydrogen) atoms. The van der Waals surface area contributed by atoms with Crippen molar-refractivity contribution < 1.29 is 9.59 Å². The average Bonchev–Trinajstić information content (AvgIpc) is 3.39. The number of hydrogen-bond donors (Lipinski definition) is 1. The second kappa shape index (κ2) is 14.3. The fraction of sp³-hybridized carbons (Fsp3) is 0.364. The second-order valence-corrected chi connectivity index (χ2v) is 10.4. The number of anilines is 1. The highest BCUT2D eigenvalue weighted by atomic mass is 16.2. The van der Waals surface area contributed by atoms with Crippen LogP contribution in [0.15, 0.2) is 72.8 Å². The van der Waals surface area contributed by atoms with Crippen LogP contribution in [0.25, 0.3) is 16.0 Å². The Morgan fingerprint density at radius 2 is 1.62 bits per heavy atom. The topological polar surface area (TPSA) is 60.3 Å². The second-order valence-electron chi connectivity index (χ2n) is 10.4. The van der Waals surface area contributed by atoms with Crippen molar-refractivity contribution in [1.82, 2.24) is 15.3 Å². The van der Waals surface area contributed by atoms with Crippen LogP contribution in [0.3, 0.4) is 0 Å². The molecular weight excluding hydrogens is 498 g/mol. The highest BCUT2D eigenvalue weighted by molar-refractivity contribution is 5.91. The van der Waals surface area contributed by atoms with Crippen LogP contribution in [-0.4, -0.2) is 48.5 Å². The summed E-state index contributed by atoms with van der Waals surface area (Å²) in [6.07, 6.45) is 1.94. The van der Waals surface area contributed by atoms with E-state index < -0.39 is 0 Å². The van der Waals surface area contributed by atoms with Gasteiger partial charge >= 0.3 is 0 Å². The number of amides is 2. The lowest BCUT2D eigenvalue weighted by Crippen LogP contribution is -2.48. The molecule has 1 aliphatic heterocycles. The number of likely N-dealkylation sites (N-methyl/N-ethyl adjacent to an activating group) is 1. The summed E-state index contributed by atoms with van der Waals surface area (Å²) in [5.41, 5.74) is 5.42. The zero-order chi connectivity index (χ0) is 27.8. The van der Waals surface area contributed by atoms with Crippen LogP contribution in [0.2, 0.25) is 0 Å². The van der Waals surface area contributed by atoms with E-state index in [1.165, 1.54) is 11.1 Å². The van der Waals surface area contributed by atoms with Crippen molar-refractivity contribution >= 4 is 23.2 Å². The summed E-state index contributed by atoms with van der Waals surface area (Å²) in [5.74, 6) is 0.311. The van der Waals surface area contributed by atoms with Crippen molar-refractivity contribution in [3.63, 3.8) is 0 Å². The molecular formula is C33H41N5O2. The van der Waals surface area contributed by atoms with Crippen molar-refractivity contribution in [1.29, 1.82) is 0 Å². The van der Waals surface area contributed by atoms with Gasteiger partial charge < -0.3 is 10.2 Å². The van der Waals surface area contributed by atoms with E-state index in [1.54, 1.807) is 29.1 Å². The van der Waals surface area contributed by atoms with Crippen LogP contribution in [0.4, 0.5) is 11.4 Å². The quantitative estimate of drug-likeness (QED) is 0.230. The van der Waals surface area contributed by atoms with Gasteiger partial charge in [-0.05, 0) is 41.5 Å². The summed E-state index contributed by atoms with van der Waals surface area (Å²) >= 11 is 0. The van der Waals surface area contributed by atoms with Crippen molar-refractivity contribution in [2.75, 3.05) is 31.6 Å². The van der Waals surface area contributed by atoms with Gasteiger partial charge in [-0.2, -0.15) is 0 Å². The zero-order valence-electron chi connectivity index (χ0n) is 23.1. The lowest BCUT2D eigenvalue weighted by Gasteiger charge is -2.32. The normalized spacial score (nSPS) is 12.3. The number of carbonyl (C=O) groups is 2. The number of hydrogen-bond acceptors (Lipinski definition) is 4. The molecule has 7 heteroatoms. The maximum Gasteiger partial charge on any atom is 0.256 e. The van der Waals surface area contributed by atoms with Crippen molar-refractivity contribution in [3.8, 4) is 11.1 Å². The lowest BCUT2D eigenvalue weighted by molar-refractivity contribution is -0.145. The molecule has 0 atom stereocenters. The monoisotopic (exact) mass is 539 g/mol. The zero-order valence-corrected chi connectivity index (χ0v) is 23.1. The largest absolute Gasteiger partial charge is 0.355 e. The molecule has 3 aromatic rings. The van der Waals surface area contributed by atoms with Gasteiger partial charge in [-0.15, -0.1) is 0 Å².